The number of anilines is 1. The van der Waals surface area contributed by atoms with Crippen molar-refractivity contribution in [1.82, 2.24) is 9.78 Å². The van der Waals surface area contributed by atoms with Crippen LogP contribution in [0.4, 0.5) is 10.1 Å². The number of nitrogens with zero attached hydrogens (tertiary/aromatic N) is 2. The molecule has 0 aliphatic carbocycles. The van der Waals surface area contributed by atoms with Crippen LogP contribution in [0, 0.1) is 19.7 Å². The van der Waals surface area contributed by atoms with Gasteiger partial charge in [-0.15, -0.1) is 0 Å². The number of hydrogen-bond acceptors (Lipinski definition) is 5. The molecule has 160 valence electrons. The van der Waals surface area contributed by atoms with Crippen LogP contribution in [0.2, 0.25) is 5.02 Å². The molecule has 7 nitrogen and oxygen atoms in total. The van der Waals surface area contributed by atoms with E-state index in [1.807, 2.05) is 0 Å². The maximum absolute atomic E-state index is 14.2. The summed E-state index contributed by atoms with van der Waals surface area (Å²) in [5.41, 5.74) is 1.54. The van der Waals surface area contributed by atoms with E-state index in [0.717, 1.165) is 0 Å². The zero-order valence-corrected chi connectivity index (χ0v) is 18.4. The third-order valence-electron chi connectivity index (χ3n) is 4.65. The molecule has 3 aromatic rings. The molecule has 0 spiro atoms. The number of aryl methyl sites for hydroxylation is 1. The molecule has 0 aliphatic rings. The van der Waals surface area contributed by atoms with Gasteiger partial charge in [-0.2, -0.15) is 5.10 Å². The number of hydrogen-bond donors (Lipinski definition) is 1. The van der Waals surface area contributed by atoms with E-state index in [-0.39, 0.29) is 27.8 Å². The van der Waals surface area contributed by atoms with Gasteiger partial charge in [-0.05, 0) is 38.1 Å². The maximum atomic E-state index is 14.2. The Hall–Kier alpha value is -2.78. The van der Waals surface area contributed by atoms with Crippen molar-refractivity contribution in [1.29, 1.82) is 0 Å². The van der Waals surface area contributed by atoms with Crippen molar-refractivity contribution >= 4 is 27.3 Å². The third-order valence-corrected chi connectivity index (χ3v) is 6.39. The van der Waals surface area contributed by atoms with Gasteiger partial charge in [-0.1, -0.05) is 17.7 Å². The summed E-state index contributed by atoms with van der Waals surface area (Å²) in [5.74, 6) is 0.149. The van der Waals surface area contributed by atoms with Crippen LogP contribution in [0.1, 0.15) is 17.0 Å². The number of benzene rings is 2. The third kappa shape index (κ3) is 4.22. The average Bonchev–Trinajstić information content (AvgIpc) is 2.97. The predicted octanol–water partition coefficient (Wildman–Crippen LogP) is 4.16. The molecule has 0 fully saturated rings. The number of ether oxygens (including phenoxy) is 2. The van der Waals surface area contributed by atoms with Gasteiger partial charge in [0.2, 0.25) is 0 Å². The van der Waals surface area contributed by atoms with Crippen LogP contribution in [0.5, 0.6) is 11.5 Å². The fraction of sp³-hybridized carbons (Fsp3) is 0.250. The fourth-order valence-corrected chi connectivity index (χ4v) is 4.57. The van der Waals surface area contributed by atoms with Crippen molar-refractivity contribution in [3.63, 3.8) is 0 Å². The van der Waals surface area contributed by atoms with Gasteiger partial charge >= 0.3 is 0 Å². The molecule has 0 unspecified atom stereocenters. The normalized spacial score (nSPS) is 11.4. The molecule has 0 saturated heterocycles. The van der Waals surface area contributed by atoms with Gasteiger partial charge in [0.25, 0.3) is 10.0 Å². The average molecular weight is 454 g/mol. The van der Waals surface area contributed by atoms with Crippen molar-refractivity contribution in [2.45, 2.75) is 25.3 Å². The first-order valence-electron chi connectivity index (χ1n) is 8.89. The molecule has 3 rings (SSSR count). The minimum Gasteiger partial charge on any atom is -0.497 e. The first-order chi connectivity index (χ1) is 14.2. The summed E-state index contributed by atoms with van der Waals surface area (Å²) < 4.78 is 54.6. The van der Waals surface area contributed by atoms with Crippen molar-refractivity contribution in [2.24, 2.45) is 0 Å². The minimum atomic E-state index is -3.99. The van der Waals surface area contributed by atoms with Crippen molar-refractivity contribution in [2.75, 3.05) is 18.9 Å². The van der Waals surface area contributed by atoms with E-state index in [1.165, 1.54) is 49.2 Å². The molecule has 1 N–H and O–H groups in total. The molecular weight excluding hydrogens is 433 g/mol. The number of nitrogens with one attached hydrogen (secondary N) is 1. The SMILES string of the molecule is COc1ccc(S(=O)(=O)Nc2c(C)nn(Cc3c(F)cccc3Cl)c2C)c(OC)c1. The summed E-state index contributed by atoms with van der Waals surface area (Å²) in [6.07, 6.45) is 0. The van der Waals surface area contributed by atoms with E-state index in [1.54, 1.807) is 19.9 Å². The van der Waals surface area contributed by atoms with Gasteiger partial charge in [-0.3, -0.25) is 9.40 Å². The van der Waals surface area contributed by atoms with Crippen molar-refractivity contribution in [3.05, 3.63) is 64.2 Å². The summed E-state index contributed by atoms with van der Waals surface area (Å²) in [7, 11) is -1.13. The molecule has 0 saturated carbocycles. The van der Waals surface area contributed by atoms with E-state index in [0.29, 0.717) is 22.8 Å². The number of methoxy groups -OCH3 is 2. The van der Waals surface area contributed by atoms with Crippen LogP contribution >= 0.6 is 11.6 Å². The molecule has 1 aromatic heterocycles. The van der Waals surface area contributed by atoms with Gasteiger partial charge in [0, 0.05) is 16.7 Å². The Morgan fingerprint density at radius 3 is 2.53 bits per heavy atom. The molecule has 0 aliphatic heterocycles. The lowest BCUT2D eigenvalue weighted by Crippen LogP contribution is -2.15. The lowest BCUT2D eigenvalue weighted by Gasteiger charge is -2.13. The Bertz CT molecular complexity index is 1170. The topological polar surface area (TPSA) is 82.5 Å². The second kappa shape index (κ2) is 8.53. The zero-order valence-electron chi connectivity index (χ0n) is 16.9. The molecule has 2 aromatic carbocycles. The molecule has 10 heteroatoms. The Balaban J connectivity index is 1.96. The van der Waals surface area contributed by atoms with E-state index in [4.69, 9.17) is 21.1 Å². The molecule has 0 atom stereocenters. The van der Waals surface area contributed by atoms with Crippen LogP contribution in [0.25, 0.3) is 0 Å². The largest absolute Gasteiger partial charge is 0.497 e. The smallest absolute Gasteiger partial charge is 0.265 e. The zero-order chi connectivity index (χ0) is 22.1. The highest BCUT2D eigenvalue weighted by molar-refractivity contribution is 7.92. The van der Waals surface area contributed by atoms with Crippen molar-refractivity contribution in [3.8, 4) is 11.5 Å². The quantitative estimate of drug-likeness (QED) is 0.580. The van der Waals surface area contributed by atoms with E-state index in [9.17, 15) is 12.8 Å². The Labute approximate surface area is 179 Å². The number of aromatic nitrogens is 2. The summed E-state index contributed by atoms with van der Waals surface area (Å²) in [6.45, 7) is 3.42. The highest BCUT2D eigenvalue weighted by Gasteiger charge is 2.24. The van der Waals surface area contributed by atoms with Gasteiger partial charge in [0.05, 0.1) is 37.8 Å². The van der Waals surface area contributed by atoms with Crippen LogP contribution in [-0.2, 0) is 16.6 Å². The molecule has 0 amide bonds. The van der Waals surface area contributed by atoms with Crippen LogP contribution in [0.3, 0.4) is 0 Å². The van der Waals surface area contributed by atoms with Gasteiger partial charge < -0.3 is 9.47 Å². The van der Waals surface area contributed by atoms with Gasteiger partial charge in [-0.25, -0.2) is 12.8 Å². The van der Waals surface area contributed by atoms with Gasteiger partial charge in [0.15, 0.2) is 0 Å². The molecule has 0 bridgehead atoms. The van der Waals surface area contributed by atoms with Crippen LogP contribution in [-0.4, -0.2) is 32.4 Å². The summed E-state index contributed by atoms with van der Waals surface area (Å²) in [6, 6.07) is 8.83. The predicted molar refractivity (Wildman–Crippen MR) is 113 cm³/mol. The van der Waals surface area contributed by atoms with Gasteiger partial charge in [0.1, 0.15) is 22.2 Å². The minimum absolute atomic E-state index is 0.0468. The molecule has 30 heavy (non-hydrogen) atoms. The first-order valence-corrected chi connectivity index (χ1v) is 10.8. The Morgan fingerprint density at radius 2 is 1.90 bits per heavy atom. The molecule has 1 heterocycles. The first kappa shape index (κ1) is 21.9. The van der Waals surface area contributed by atoms with E-state index >= 15 is 0 Å². The fourth-order valence-electron chi connectivity index (χ4n) is 3.02. The summed E-state index contributed by atoms with van der Waals surface area (Å²) >= 11 is 6.11. The Kier molecular flexibility index (Phi) is 6.23. The second-order valence-corrected chi connectivity index (χ2v) is 8.58. The van der Waals surface area contributed by atoms with Crippen LogP contribution < -0.4 is 14.2 Å². The maximum Gasteiger partial charge on any atom is 0.265 e. The van der Waals surface area contributed by atoms with Crippen molar-refractivity contribution < 1.29 is 22.3 Å². The molecular formula is C20H21ClFN3O4S. The summed E-state index contributed by atoms with van der Waals surface area (Å²) in [4.78, 5) is -0.0468. The lowest BCUT2D eigenvalue weighted by atomic mass is 10.2. The standard InChI is InChI=1S/C20H21ClFN3O4S/c1-12-20(13(2)25(23-12)11-15-16(21)6-5-7-17(15)22)24-30(26,27)19-9-8-14(28-3)10-18(19)29-4/h5-10,24H,11H2,1-4H3. The second-order valence-electron chi connectivity index (χ2n) is 6.53. The van der Waals surface area contributed by atoms with E-state index < -0.39 is 15.8 Å². The number of halogens is 2. The molecule has 0 radical (unpaired) electrons. The monoisotopic (exact) mass is 453 g/mol. The highest BCUT2D eigenvalue weighted by atomic mass is 35.5. The van der Waals surface area contributed by atoms with Crippen LogP contribution in [0.15, 0.2) is 41.3 Å². The number of sulfonamides is 1. The van der Waals surface area contributed by atoms with E-state index in [2.05, 4.69) is 9.82 Å². The number of rotatable bonds is 7. The lowest BCUT2D eigenvalue weighted by molar-refractivity contribution is 0.386. The summed E-state index contributed by atoms with van der Waals surface area (Å²) in [5, 5.41) is 4.62. The highest BCUT2D eigenvalue weighted by Crippen LogP contribution is 2.31. The Morgan fingerprint density at radius 1 is 1.17 bits per heavy atom.